The Hall–Kier alpha value is -2.09. The minimum Gasteiger partial charge on any atom is -0.326 e. The molecule has 1 amide bonds. The first kappa shape index (κ1) is 11.0. The summed E-state index contributed by atoms with van der Waals surface area (Å²) in [7, 11) is 0. The van der Waals surface area contributed by atoms with Gasteiger partial charge < -0.3 is 5.32 Å². The van der Waals surface area contributed by atoms with Gasteiger partial charge in [-0.1, -0.05) is 48.5 Å². The second-order valence-corrected chi connectivity index (χ2v) is 4.74. The van der Waals surface area contributed by atoms with Crippen molar-refractivity contribution in [3.05, 3.63) is 65.7 Å². The van der Waals surface area contributed by atoms with Gasteiger partial charge in [-0.2, -0.15) is 0 Å². The summed E-state index contributed by atoms with van der Waals surface area (Å²) in [5.41, 5.74) is 3.42. The number of carbonyl (C=O) groups is 1. The lowest BCUT2D eigenvalue weighted by atomic mass is 9.88. The summed E-state index contributed by atoms with van der Waals surface area (Å²) >= 11 is 0. The van der Waals surface area contributed by atoms with E-state index in [1.807, 2.05) is 36.4 Å². The molecule has 2 nitrogen and oxygen atoms in total. The Morgan fingerprint density at radius 2 is 1.72 bits per heavy atom. The normalized spacial score (nSPS) is 18.0. The third-order valence-electron chi connectivity index (χ3n) is 3.44. The van der Waals surface area contributed by atoms with Crippen LogP contribution in [0, 0.1) is 5.92 Å². The summed E-state index contributed by atoms with van der Waals surface area (Å²) in [4.78, 5) is 12.1. The zero-order valence-corrected chi connectivity index (χ0v) is 10.1. The van der Waals surface area contributed by atoms with E-state index in [0.717, 1.165) is 18.5 Å². The number of benzene rings is 2. The Morgan fingerprint density at radius 1 is 1.00 bits per heavy atom. The number of hydrogen-bond donors (Lipinski definition) is 1. The van der Waals surface area contributed by atoms with Crippen LogP contribution in [-0.2, 0) is 17.6 Å². The van der Waals surface area contributed by atoms with Gasteiger partial charge >= 0.3 is 0 Å². The minimum atomic E-state index is 0.0438. The maximum atomic E-state index is 12.1. The zero-order valence-electron chi connectivity index (χ0n) is 10.1. The lowest BCUT2D eigenvalue weighted by molar-refractivity contribution is -0.120. The second kappa shape index (κ2) is 4.65. The van der Waals surface area contributed by atoms with Crippen molar-refractivity contribution < 1.29 is 4.79 Å². The fourth-order valence-corrected chi connectivity index (χ4v) is 2.48. The van der Waals surface area contributed by atoms with E-state index in [4.69, 9.17) is 0 Å². The summed E-state index contributed by atoms with van der Waals surface area (Å²) < 4.78 is 0. The molecule has 1 aliphatic rings. The van der Waals surface area contributed by atoms with Gasteiger partial charge in [0.2, 0.25) is 5.91 Å². The third kappa shape index (κ3) is 2.14. The number of hydrogen-bond acceptors (Lipinski definition) is 1. The zero-order chi connectivity index (χ0) is 12.4. The van der Waals surface area contributed by atoms with Crippen LogP contribution in [-0.4, -0.2) is 5.91 Å². The molecule has 1 N–H and O–H groups in total. The van der Waals surface area contributed by atoms with Crippen LogP contribution in [0.2, 0.25) is 0 Å². The van der Waals surface area contributed by atoms with Crippen molar-refractivity contribution in [1.82, 2.24) is 0 Å². The van der Waals surface area contributed by atoms with E-state index >= 15 is 0 Å². The predicted molar refractivity (Wildman–Crippen MR) is 72.4 cm³/mol. The monoisotopic (exact) mass is 237 g/mol. The molecule has 0 aliphatic carbocycles. The molecule has 1 atom stereocenters. The number of para-hydroxylation sites is 1. The summed E-state index contributed by atoms with van der Waals surface area (Å²) in [6.45, 7) is 0. The maximum absolute atomic E-state index is 12.1. The highest BCUT2D eigenvalue weighted by atomic mass is 16.1. The first-order valence-corrected chi connectivity index (χ1v) is 6.25. The quantitative estimate of drug-likeness (QED) is 0.854. The average molecular weight is 237 g/mol. The van der Waals surface area contributed by atoms with Crippen molar-refractivity contribution in [2.75, 3.05) is 5.32 Å². The van der Waals surface area contributed by atoms with Crippen molar-refractivity contribution in [2.45, 2.75) is 12.8 Å². The van der Waals surface area contributed by atoms with Gasteiger partial charge in [0, 0.05) is 11.6 Å². The van der Waals surface area contributed by atoms with Crippen molar-refractivity contribution in [3.63, 3.8) is 0 Å². The third-order valence-corrected chi connectivity index (χ3v) is 3.44. The fraction of sp³-hybridized carbons (Fsp3) is 0.188. The topological polar surface area (TPSA) is 29.1 Å². The van der Waals surface area contributed by atoms with Gasteiger partial charge in [-0.15, -0.1) is 0 Å². The average Bonchev–Trinajstić information content (AvgIpc) is 2.41. The predicted octanol–water partition coefficient (Wildman–Crippen LogP) is 3.04. The van der Waals surface area contributed by atoms with Crippen LogP contribution in [0.25, 0.3) is 0 Å². The van der Waals surface area contributed by atoms with E-state index < -0.39 is 0 Å². The smallest absolute Gasteiger partial charge is 0.228 e. The van der Waals surface area contributed by atoms with Gasteiger partial charge in [-0.3, -0.25) is 4.79 Å². The van der Waals surface area contributed by atoms with Crippen LogP contribution in [0.3, 0.4) is 0 Å². The highest BCUT2D eigenvalue weighted by Gasteiger charge is 2.25. The molecule has 18 heavy (non-hydrogen) atoms. The molecular weight excluding hydrogens is 222 g/mol. The van der Waals surface area contributed by atoms with E-state index in [9.17, 15) is 4.79 Å². The lowest BCUT2D eigenvalue weighted by Gasteiger charge is -2.24. The molecule has 0 saturated carbocycles. The van der Waals surface area contributed by atoms with Crippen LogP contribution in [0.1, 0.15) is 11.1 Å². The second-order valence-electron chi connectivity index (χ2n) is 4.74. The van der Waals surface area contributed by atoms with Gasteiger partial charge in [0.1, 0.15) is 0 Å². The number of fused-ring (bicyclic) bond motifs is 1. The van der Waals surface area contributed by atoms with Crippen LogP contribution in [0.15, 0.2) is 54.6 Å². The van der Waals surface area contributed by atoms with E-state index in [1.165, 1.54) is 11.1 Å². The molecule has 2 aromatic carbocycles. The molecule has 0 bridgehead atoms. The lowest BCUT2D eigenvalue weighted by Crippen LogP contribution is -2.31. The number of rotatable bonds is 2. The van der Waals surface area contributed by atoms with Gasteiger partial charge in [-0.05, 0) is 30.0 Å². The van der Waals surface area contributed by atoms with Gasteiger partial charge in [-0.25, -0.2) is 0 Å². The minimum absolute atomic E-state index is 0.0438. The van der Waals surface area contributed by atoms with E-state index in [2.05, 4.69) is 23.5 Å². The first-order valence-electron chi connectivity index (χ1n) is 6.25. The largest absolute Gasteiger partial charge is 0.326 e. The summed E-state index contributed by atoms with van der Waals surface area (Å²) in [5, 5.41) is 2.99. The Kier molecular flexibility index (Phi) is 2.85. The Labute approximate surface area is 107 Å². The van der Waals surface area contributed by atoms with Gasteiger partial charge in [0.15, 0.2) is 0 Å². The summed E-state index contributed by atoms with van der Waals surface area (Å²) in [6.07, 6.45) is 1.64. The summed E-state index contributed by atoms with van der Waals surface area (Å²) in [6, 6.07) is 18.2. The molecule has 0 spiro atoms. The van der Waals surface area contributed by atoms with Crippen LogP contribution in [0.5, 0.6) is 0 Å². The first-order chi connectivity index (χ1) is 8.83. The Balaban J connectivity index is 1.81. The molecule has 90 valence electrons. The maximum Gasteiger partial charge on any atom is 0.228 e. The highest BCUT2D eigenvalue weighted by Crippen LogP contribution is 2.27. The number of anilines is 1. The van der Waals surface area contributed by atoms with E-state index in [-0.39, 0.29) is 11.8 Å². The molecule has 2 heteroatoms. The number of carbonyl (C=O) groups excluding carboxylic acids is 1. The van der Waals surface area contributed by atoms with Crippen LogP contribution < -0.4 is 5.32 Å². The van der Waals surface area contributed by atoms with Crippen LogP contribution in [0.4, 0.5) is 5.69 Å². The molecule has 1 heterocycles. The van der Waals surface area contributed by atoms with Crippen molar-refractivity contribution in [2.24, 2.45) is 5.92 Å². The van der Waals surface area contributed by atoms with Gasteiger partial charge in [0.25, 0.3) is 0 Å². The molecule has 0 radical (unpaired) electrons. The number of amides is 1. The van der Waals surface area contributed by atoms with Gasteiger partial charge in [0.05, 0.1) is 0 Å². The van der Waals surface area contributed by atoms with E-state index in [1.54, 1.807) is 0 Å². The molecule has 3 rings (SSSR count). The van der Waals surface area contributed by atoms with Crippen molar-refractivity contribution in [1.29, 1.82) is 0 Å². The SMILES string of the molecule is O=C1Nc2ccccc2CC1Cc1ccccc1. The molecular formula is C16H15NO. The van der Waals surface area contributed by atoms with Crippen molar-refractivity contribution in [3.8, 4) is 0 Å². The van der Waals surface area contributed by atoms with Crippen molar-refractivity contribution >= 4 is 11.6 Å². The molecule has 1 aliphatic heterocycles. The van der Waals surface area contributed by atoms with E-state index in [0.29, 0.717) is 0 Å². The fourth-order valence-electron chi connectivity index (χ4n) is 2.48. The van der Waals surface area contributed by atoms with Crippen LogP contribution >= 0.6 is 0 Å². The molecule has 2 aromatic rings. The Morgan fingerprint density at radius 3 is 2.56 bits per heavy atom. The Bertz CT molecular complexity index is 562. The number of nitrogens with one attached hydrogen (secondary N) is 1. The summed E-state index contributed by atoms with van der Waals surface area (Å²) in [5.74, 6) is 0.180. The molecule has 0 saturated heterocycles. The molecule has 0 aromatic heterocycles. The standard InChI is InChI=1S/C16H15NO/c18-16-14(10-12-6-2-1-3-7-12)11-13-8-4-5-9-15(13)17-16/h1-9,14H,10-11H2,(H,17,18). The molecule has 1 unspecified atom stereocenters. The highest BCUT2D eigenvalue weighted by molar-refractivity contribution is 5.95. The molecule has 0 fully saturated rings.